The Labute approximate surface area is 121 Å². The van der Waals surface area contributed by atoms with Gasteiger partial charge in [-0.1, -0.05) is 23.7 Å². The summed E-state index contributed by atoms with van der Waals surface area (Å²) in [6.07, 6.45) is 0. The number of halogens is 1. The van der Waals surface area contributed by atoms with Crippen molar-refractivity contribution in [2.45, 2.75) is 4.90 Å². The van der Waals surface area contributed by atoms with E-state index < -0.39 is 10.0 Å². The van der Waals surface area contributed by atoms with Gasteiger partial charge in [-0.25, -0.2) is 8.42 Å². The number of phenols is 1. The zero-order chi connectivity index (χ0) is 14.8. The van der Waals surface area contributed by atoms with Gasteiger partial charge in [0.2, 0.25) is 0 Å². The van der Waals surface area contributed by atoms with Crippen LogP contribution < -0.4 is 9.46 Å². The molecule has 0 aliphatic heterocycles. The van der Waals surface area contributed by atoms with Gasteiger partial charge in [-0.15, -0.1) is 0 Å². The lowest BCUT2D eigenvalue weighted by atomic mass is 10.3. The van der Waals surface area contributed by atoms with Crippen LogP contribution in [0.5, 0.6) is 11.5 Å². The number of para-hydroxylation sites is 1. The van der Waals surface area contributed by atoms with E-state index in [1.54, 1.807) is 12.1 Å². The summed E-state index contributed by atoms with van der Waals surface area (Å²) in [5.41, 5.74) is 0.197. The van der Waals surface area contributed by atoms with Crippen LogP contribution in [0.2, 0.25) is 5.02 Å². The molecule has 0 heterocycles. The van der Waals surface area contributed by atoms with Gasteiger partial charge < -0.3 is 9.84 Å². The first-order chi connectivity index (χ1) is 9.44. The number of hydrogen-bond donors (Lipinski definition) is 2. The second-order valence-corrected chi connectivity index (χ2v) is 6.01. The van der Waals surface area contributed by atoms with Crippen LogP contribution in [0.3, 0.4) is 0 Å². The van der Waals surface area contributed by atoms with E-state index in [0.29, 0.717) is 10.8 Å². The molecule has 2 aromatic carbocycles. The molecule has 0 aliphatic rings. The Hall–Kier alpha value is -1.92. The highest BCUT2D eigenvalue weighted by atomic mass is 35.5. The number of aromatic hydroxyl groups is 1. The van der Waals surface area contributed by atoms with Gasteiger partial charge in [0.1, 0.15) is 16.4 Å². The zero-order valence-corrected chi connectivity index (χ0v) is 12.1. The average molecular weight is 314 g/mol. The molecule has 0 saturated heterocycles. The minimum absolute atomic E-state index is 0.197. The summed E-state index contributed by atoms with van der Waals surface area (Å²) in [6.45, 7) is 0. The monoisotopic (exact) mass is 313 g/mol. The summed E-state index contributed by atoms with van der Waals surface area (Å²) in [7, 11) is -2.51. The third-order valence-corrected chi connectivity index (χ3v) is 4.21. The Morgan fingerprint density at radius 1 is 1.20 bits per heavy atom. The lowest BCUT2D eigenvalue weighted by molar-refractivity contribution is 0.417. The fourth-order valence-corrected chi connectivity index (χ4v) is 2.98. The summed E-state index contributed by atoms with van der Waals surface area (Å²) >= 11 is 5.84. The molecular formula is C13H12ClNO4S. The smallest absolute Gasteiger partial charge is 0.265 e. The quantitative estimate of drug-likeness (QED) is 0.910. The van der Waals surface area contributed by atoms with Gasteiger partial charge in [0, 0.05) is 5.02 Å². The van der Waals surface area contributed by atoms with Crippen LogP contribution in [-0.4, -0.2) is 20.6 Å². The number of nitrogens with one attached hydrogen (secondary N) is 1. The largest absolute Gasteiger partial charge is 0.507 e. The second-order valence-electron chi connectivity index (χ2n) is 3.92. The molecule has 0 unspecified atom stereocenters. The number of anilines is 1. The topological polar surface area (TPSA) is 75.6 Å². The minimum atomic E-state index is -3.93. The van der Waals surface area contributed by atoms with E-state index in [2.05, 4.69) is 4.72 Å². The van der Waals surface area contributed by atoms with Crippen LogP contribution in [0.1, 0.15) is 0 Å². The highest BCUT2D eigenvalue weighted by Crippen LogP contribution is 2.31. The van der Waals surface area contributed by atoms with E-state index in [4.69, 9.17) is 16.3 Å². The van der Waals surface area contributed by atoms with Gasteiger partial charge in [0.15, 0.2) is 0 Å². The fraction of sp³-hybridized carbons (Fsp3) is 0.0769. The molecule has 7 heteroatoms. The van der Waals surface area contributed by atoms with Crippen LogP contribution in [-0.2, 0) is 10.0 Å². The Morgan fingerprint density at radius 3 is 2.55 bits per heavy atom. The van der Waals surface area contributed by atoms with Gasteiger partial charge in [-0.2, -0.15) is 0 Å². The van der Waals surface area contributed by atoms with Crippen LogP contribution in [0.15, 0.2) is 47.4 Å². The van der Waals surface area contributed by atoms with Crippen LogP contribution >= 0.6 is 11.6 Å². The standard InChI is InChI=1S/C13H12ClNO4S/c1-19-12-7-6-9(14)8-10(12)15-20(17,18)13-5-3-2-4-11(13)16/h2-8,15-16H,1H3. The van der Waals surface area contributed by atoms with Crippen molar-refractivity contribution in [1.29, 1.82) is 0 Å². The van der Waals surface area contributed by atoms with Crippen molar-refractivity contribution >= 4 is 27.3 Å². The molecule has 0 spiro atoms. The van der Waals surface area contributed by atoms with Gasteiger partial charge >= 0.3 is 0 Å². The van der Waals surface area contributed by atoms with Gasteiger partial charge in [-0.05, 0) is 30.3 Å². The van der Waals surface area contributed by atoms with Gasteiger partial charge in [-0.3, -0.25) is 4.72 Å². The average Bonchev–Trinajstić information content (AvgIpc) is 2.39. The Morgan fingerprint density at radius 2 is 1.90 bits per heavy atom. The van der Waals surface area contributed by atoms with Crippen LogP contribution in [0.25, 0.3) is 0 Å². The third kappa shape index (κ3) is 2.97. The molecule has 0 atom stereocenters. The first kappa shape index (κ1) is 14.5. The van der Waals surface area contributed by atoms with E-state index in [1.807, 2.05) is 0 Å². The summed E-state index contributed by atoms with van der Waals surface area (Å²) in [5.74, 6) is -0.00519. The van der Waals surface area contributed by atoms with Crippen molar-refractivity contribution in [2.75, 3.05) is 11.8 Å². The fourth-order valence-electron chi connectivity index (χ4n) is 1.64. The highest BCUT2D eigenvalue weighted by molar-refractivity contribution is 7.92. The van der Waals surface area contributed by atoms with Crippen molar-refractivity contribution in [3.8, 4) is 11.5 Å². The van der Waals surface area contributed by atoms with Crippen molar-refractivity contribution < 1.29 is 18.3 Å². The molecule has 5 nitrogen and oxygen atoms in total. The van der Waals surface area contributed by atoms with Crippen molar-refractivity contribution in [3.63, 3.8) is 0 Å². The highest BCUT2D eigenvalue weighted by Gasteiger charge is 2.20. The molecule has 2 N–H and O–H groups in total. The molecule has 0 aliphatic carbocycles. The zero-order valence-electron chi connectivity index (χ0n) is 10.5. The van der Waals surface area contributed by atoms with E-state index in [-0.39, 0.29) is 16.3 Å². The molecule has 106 valence electrons. The number of sulfonamides is 1. The number of benzene rings is 2. The Bertz CT molecular complexity index is 731. The van der Waals surface area contributed by atoms with Crippen LogP contribution in [0.4, 0.5) is 5.69 Å². The summed E-state index contributed by atoms with van der Waals surface area (Å²) in [6, 6.07) is 10.2. The lowest BCUT2D eigenvalue weighted by Gasteiger charge is -2.12. The molecule has 0 aromatic heterocycles. The number of rotatable bonds is 4. The molecule has 0 fully saturated rings. The molecule has 20 heavy (non-hydrogen) atoms. The SMILES string of the molecule is COc1ccc(Cl)cc1NS(=O)(=O)c1ccccc1O. The van der Waals surface area contributed by atoms with Gasteiger partial charge in [0.05, 0.1) is 12.8 Å². The number of hydrogen-bond acceptors (Lipinski definition) is 4. The summed E-state index contributed by atoms with van der Waals surface area (Å²) < 4.78 is 31.9. The van der Waals surface area contributed by atoms with Crippen molar-refractivity contribution in [2.24, 2.45) is 0 Å². The maximum atomic E-state index is 12.2. The first-order valence-electron chi connectivity index (χ1n) is 5.58. The molecular weight excluding hydrogens is 302 g/mol. The van der Waals surface area contributed by atoms with Gasteiger partial charge in [0.25, 0.3) is 10.0 Å². The number of ether oxygens (including phenoxy) is 1. The van der Waals surface area contributed by atoms with E-state index >= 15 is 0 Å². The van der Waals surface area contributed by atoms with E-state index in [0.717, 1.165) is 0 Å². The predicted molar refractivity (Wildman–Crippen MR) is 76.9 cm³/mol. The Balaban J connectivity index is 2.44. The normalized spacial score (nSPS) is 11.1. The first-order valence-corrected chi connectivity index (χ1v) is 7.44. The predicted octanol–water partition coefficient (Wildman–Crippen LogP) is 2.86. The van der Waals surface area contributed by atoms with E-state index in [9.17, 15) is 13.5 Å². The third-order valence-electron chi connectivity index (χ3n) is 2.56. The summed E-state index contributed by atoms with van der Waals surface area (Å²) in [4.78, 5) is -0.220. The van der Waals surface area contributed by atoms with E-state index in [1.165, 1.54) is 37.4 Å². The molecule has 0 amide bonds. The second kappa shape index (κ2) is 5.60. The molecule has 0 saturated carbocycles. The molecule has 0 radical (unpaired) electrons. The minimum Gasteiger partial charge on any atom is -0.507 e. The summed E-state index contributed by atoms with van der Waals surface area (Å²) in [5, 5.41) is 9.99. The lowest BCUT2D eigenvalue weighted by Crippen LogP contribution is -2.13. The molecule has 0 bridgehead atoms. The number of phenolic OH excluding ortho intramolecular Hbond substituents is 1. The maximum absolute atomic E-state index is 12.2. The Kier molecular flexibility index (Phi) is 4.06. The maximum Gasteiger partial charge on any atom is 0.265 e. The molecule has 2 rings (SSSR count). The van der Waals surface area contributed by atoms with Crippen molar-refractivity contribution in [3.05, 3.63) is 47.5 Å². The molecule has 2 aromatic rings. The number of methoxy groups -OCH3 is 1. The van der Waals surface area contributed by atoms with Crippen molar-refractivity contribution in [1.82, 2.24) is 0 Å². The van der Waals surface area contributed by atoms with Crippen LogP contribution in [0, 0.1) is 0 Å².